The van der Waals surface area contributed by atoms with Crippen molar-refractivity contribution in [3.63, 3.8) is 0 Å². The fourth-order valence-electron chi connectivity index (χ4n) is 2.47. The molecule has 2 heterocycles. The number of aromatic nitrogens is 2. The third-order valence-electron chi connectivity index (χ3n) is 3.66. The highest BCUT2D eigenvalue weighted by Crippen LogP contribution is 2.12. The fourth-order valence-corrected chi connectivity index (χ4v) is 2.47. The van der Waals surface area contributed by atoms with Gasteiger partial charge in [-0.3, -0.25) is 4.79 Å². The van der Waals surface area contributed by atoms with Crippen molar-refractivity contribution < 1.29 is 9.18 Å². The maximum Gasteiger partial charge on any atom is 0.274 e. The normalized spacial score (nSPS) is 17.9. The monoisotopic (exact) mass is 324 g/mol. The Hall–Kier alpha value is -1.92. The summed E-state index contributed by atoms with van der Waals surface area (Å²) in [6.45, 7) is 4.30. The Morgan fingerprint density at radius 3 is 2.73 bits per heavy atom. The molecule has 3 rings (SSSR count). The van der Waals surface area contributed by atoms with Crippen molar-refractivity contribution in [1.82, 2.24) is 20.0 Å². The van der Waals surface area contributed by atoms with Crippen molar-refractivity contribution >= 4 is 18.3 Å². The Kier molecular flexibility index (Phi) is 5.15. The molecule has 1 aliphatic rings. The maximum atomic E-state index is 12.9. The molecule has 1 N–H and O–H groups in total. The van der Waals surface area contributed by atoms with Gasteiger partial charge in [0.15, 0.2) is 5.69 Å². The van der Waals surface area contributed by atoms with Gasteiger partial charge in [0, 0.05) is 31.9 Å². The number of carbonyl (C=O) groups is 1. The van der Waals surface area contributed by atoms with Gasteiger partial charge in [-0.25, -0.2) is 9.07 Å². The molecule has 0 aliphatic carbocycles. The number of carbonyl (C=O) groups excluding carboxylic acids is 1. The van der Waals surface area contributed by atoms with Gasteiger partial charge in [0.25, 0.3) is 5.91 Å². The van der Waals surface area contributed by atoms with Crippen LogP contribution in [0.15, 0.2) is 36.5 Å². The Morgan fingerprint density at radius 1 is 1.32 bits per heavy atom. The van der Waals surface area contributed by atoms with Gasteiger partial charge >= 0.3 is 0 Å². The lowest BCUT2D eigenvalue weighted by molar-refractivity contribution is 0.0649. The predicted molar refractivity (Wildman–Crippen MR) is 84.1 cm³/mol. The van der Waals surface area contributed by atoms with Gasteiger partial charge in [0.05, 0.1) is 5.69 Å². The first-order valence-electron chi connectivity index (χ1n) is 6.98. The standard InChI is InChI=1S/C15H17FN4O.ClH/c1-11-10-17-7-9-19(11)15(21)14-6-8-20(18-14)13-4-2-12(16)3-5-13;/h2-6,8,11,17H,7,9-10H2,1H3;1H/t11-;/m1./s1. The quantitative estimate of drug-likeness (QED) is 0.917. The highest BCUT2D eigenvalue weighted by atomic mass is 35.5. The van der Waals surface area contributed by atoms with Crippen molar-refractivity contribution in [2.75, 3.05) is 19.6 Å². The molecule has 0 unspecified atom stereocenters. The second-order valence-electron chi connectivity index (χ2n) is 5.17. The van der Waals surface area contributed by atoms with E-state index in [0.717, 1.165) is 18.8 Å². The van der Waals surface area contributed by atoms with E-state index in [1.54, 1.807) is 29.1 Å². The topological polar surface area (TPSA) is 50.2 Å². The first-order chi connectivity index (χ1) is 10.1. The number of nitrogens with one attached hydrogen (secondary N) is 1. The van der Waals surface area contributed by atoms with Crippen LogP contribution in [-0.2, 0) is 0 Å². The molecule has 22 heavy (non-hydrogen) atoms. The van der Waals surface area contributed by atoms with Gasteiger partial charge in [0.1, 0.15) is 5.82 Å². The summed E-state index contributed by atoms with van der Waals surface area (Å²) in [5.41, 5.74) is 1.14. The molecule has 1 fully saturated rings. The molecule has 1 amide bonds. The maximum absolute atomic E-state index is 12.9. The van der Waals surface area contributed by atoms with Crippen LogP contribution >= 0.6 is 12.4 Å². The number of rotatable bonds is 2. The van der Waals surface area contributed by atoms with Gasteiger partial charge in [-0.1, -0.05) is 0 Å². The van der Waals surface area contributed by atoms with Gasteiger partial charge in [-0.2, -0.15) is 5.10 Å². The summed E-state index contributed by atoms with van der Waals surface area (Å²) in [7, 11) is 0. The summed E-state index contributed by atoms with van der Waals surface area (Å²) in [6, 6.07) is 7.85. The van der Waals surface area contributed by atoms with Crippen molar-refractivity contribution in [3.05, 3.63) is 48.0 Å². The van der Waals surface area contributed by atoms with E-state index in [-0.39, 0.29) is 30.2 Å². The van der Waals surface area contributed by atoms with Crippen LogP contribution in [0.5, 0.6) is 0 Å². The molecule has 1 aromatic carbocycles. The van der Waals surface area contributed by atoms with Crippen molar-refractivity contribution in [2.24, 2.45) is 0 Å². The predicted octanol–water partition coefficient (Wildman–Crippen LogP) is 1.87. The highest BCUT2D eigenvalue weighted by Gasteiger charge is 2.25. The number of hydrogen-bond acceptors (Lipinski definition) is 3. The Bertz CT molecular complexity index is 643. The zero-order valence-electron chi connectivity index (χ0n) is 12.2. The van der Waals surface area contributed by atoms with Crippen LogP contribution in [0, 0.1) is 5.82 Å². The van der Waals surface area contributed by atoms with E-state index in [1.807, 2.05) is 11.8 Å². The van der Waals surface area contributed by atoms with Crippen LogP contribution in [0.1, 0.15) is 17.4 Å². The number of amides is 1. The average molecular weight is 325 g/mol. The summed E-state index contributed by atoms with van der Waals surface area (Å²) < 4.78 is 14.5. The summed E-state index contributed by atoms with van der Waals surface area (Å²) >= 11 is 0. The summed E-state index contributed by atoms with van der Waals surface area (Å²) in [6.07, 6.45) is 1.72. The van der Waals surface area contributed by atoms with Gasteiger partial charge < -0.3 is 10.2 Å². The molecule has 0 saturated carbocycles. The molecule has 0 bridgehead atoms. The molecule has 0 radical (unpaired) electrons. The third-order valence-corrected chi connectivity index (χ3v) is 3.66. The molecule has 1 aromatic heterocycles. The van der Waals surface area contributed by atoms with Gasteiger partial charge in [0.2, 0.25) is 0 Å². The van der Waals surface area contributed by atoms with E-state index in [2.05, 4.69) is 10.4 Å². The third kappa shape index (κ3) is 3.28. The molecule has 5 nitrogen and oxygen atoms in total. The lowest BCUT2D eigenvalue weighted by Gasteiger charge is -2.33. The molecule has 1 atom stereocenters. The van der Waals surface area contributed by atoms with E-state index in [0.29, 0.717) is 12.2 Å². The van der Waals surface area contributed by atoms with E-state index < -0.39 is 0 Å². The number of halogens is 2. The second kappa shape index (κ2) is 6.89. The van der Waals surface area contributed by atoms with Gasteiger partial charge in [-0.15, -0.1) is 12.4 Å². The molecule has 7 heteroatoms. The zero-order valence-corrected chi connectivity index (χ0v) is 13.0. The summed E-state index contributed by atoms with van der Waals surface area (Å²) in [4.78, 5) is 14.3. The summed E-state index contributed by atoms with van der Waals surface area (Å²) in [5, 5.41) is 7.55. The first kappa shape index (κ1) is 16.5. The van der Waals surface area contributed by atoms with E-state index in [9.17, 15) is 9.18 Å². The highest BCUT2D eigenvalue weighted by molar-refractivity contribution is 5.92. The minimum atomic E-state index is -0.295. The molecular weight excluding hydrogens is 307 g/mol. The molecule has 0 spiro atoms. The van der Waals surface area contributed by atoms with E-state index >= 15 is 0 Å². The molecule has 1 aliphatic heterocycles. The van der Waals surface area contributed by atoms with Crippen molar-refractivity contribution in [1.29, 1.82) is 0 Å². The van der Waals surface area contributed by atoms with Gasteiger partial charge in [-0.05, 0) is 37.3 Å². The Labute approximate surface area is 134 Å². The zero-order chi connectivity index (χ0) is 14.8. The van der Waals surface area contributed by atoms with Crippen LogP contribution in [-0.4, -0.2) is 46.3 Å². The van der Waals surface area contributed by atoms with Crippen molar-refractivity contribution in [2.45, 2.75) is 13.0 Å². The largest absolute Gasteiger partial charge is 0.332 e. The van der Waals surface area contributed by atoms with Crippen LogP contribution < -0.4 is 5.32 Å². The number of nitrogens with zero attached hydrogens (tertiary/aromatic N) is 3. The minimum Gasteiger partial charge on any atom is -0.332 e. The van der Waals surface area contributed by atoms with E-state index in [1.165, 1.54) is 12.1 Å². The Morgan fingerprint density at radius 2 is 2.05 bits per heavy atom. The SMILES string of the molecule is C[C@@H]1CNCCN1C(=O)c1ccn(-c2ccc(F)cc2)n1.Cl. The fraction of sp³-hybridized carbons (Fsp3) is 0.333. The molecule has 1 saturated heterocycles. The first-order valence-corrected chi connectivity index (χ1v) is 6.98. The lowest BCUT2D eigenvalue weighted by Crippen LogP contribution is -2.52. The lowest BCUT2D eigenvalue weighted by atomic mass is 10.2. The number of benzene rings is 1. The smallest absolute Gasteiger partial charge is 0.274 e. The molecule has 2 aromatic rings. The Balaban J connectivity index is 0.00000176. The minimum absolute atomic E-state index is 0. The van der Waals surface area contributed by atoms with E-state index in [4.69, 9.17) is 0 Å². The van der Waals surface area contributed by atoms with Crippen LogP contribution in [0.25, 0.3) is 5.69 Å². The van der Waals surface area contributed by atoms with Crippen LogP contribution in [0.2, 0.25) is 0 Å². The molecular formula is C15H18ClFN4O. The second-order valence-corrected chi connectivity index (χ2v) is 5.17. The van der Waals surface area contributed by atoms with Crippen molar-refractivity contribution in [3.8, 4) is 5.69 Å². The average Bonchev–Trinajstić information content (AvgIpc) is 2.98. The number of piperazine rings is 1. The van der Waals surface area contributed by atoms with Crippen LogP contribution in [0.3, 0.4) is 0 Å². The summed E-state index contributed by atoms with van der Waals surface area (Å²) in [5.74, 6) is -0.360. The molecule has 118 valence electrons. The van der Waals surface area contributed by atoms with Crippen LogP contribution in [0.4, 0.5) is 4.39 Å². The number of hydrogen-bond donors (Lipinski definition) is 1.